The molecule has 1 amide bonds. The van der Waals surface area contributed by atoms with Gasteiger partial charge in [0.25, 0.3) is 0 Å². The highest BCUT2D eigenvalue weighted by atomic mass is 16.5. The Morgan fingerprint density at radius 3 is 2.41 bits per heavy atom. The van der Waals surface area contributed by atoms with Crippen molar-refractivity contribution in [3.63, 3.8) is 0 Å². The van der Waals surface area contributed by atoms with E-state index in [1.165, 1.54) is 18.9 Å². The average Bonchev–Trinajstić information content (AvgIpc) is 2.36. The molecule has 1 aliphatic heterocycles. The fourth-order valence-electron chi connectivity index (χ4n) is 1.98. The number of amides is 1. The van der Waals surface area contributed by atoms with Gasteiger partial charge in [0.2, 0.25) is 5.91 Å². The standard InChI is InChI=1S/C11H20N2O4/c1-8(9(14)15)13(2)10(16)11(7-12)3-5-17-6-4-11/h8H,3-7,12H2,1-2H3,(H,14,15). The van der Waals surface area contributed by atoms with Crippen LogP contribution in [0.1, 0.15) is 19.8 Å². The van der Waals surface area contributed by atoms with Crippen LogP contribution in [0, 0.1) is 5.41 Å². The van der Waals surface area contributed by atoms with E-state index in [1.54, 1.807) is 0 Å². The summed E-state index contributed by atoms with van der Waals surface area (Å²) in [4.78, 5) is 24.5. The predicted molar refractivity (Wildman–Crippen MR) is 61.4 cm³/mol. The van der Waals surface area contributed by atoms with Crippen LogP contribution in [-0.4, -0.2) is 54.7 Å². The Bertz CT molecular complexity index is 300. The van der Waals surface area contributed by atoms with E-state index in [2.05, 4.69) is 0 Å². The Labute approximate surface area is 101 Å². The first kappa shape index (κ1) is 13.9. The van der Waals surface area contributed by atoms with Crippen molar-refractivity contribution in [1.29, 1.82) is 0 Å². The largest absolute Gasteiger partial charge is 0.480 e. The van der Waals surface area contributed by atoms with Gasteiger partial charge in [-0.05, 0) is 19.8 Å². The van der Waals surface area contributed by atoms with Crippen LogP contribution in [0.15, 0.2) is 0 Å². The summed E-state index contributed by atoms with van der Waals surface area (Å²) >= 11 is 0. The molecule has 1 heterocycles. The molecule has 0 bridgehead atoms. The highest BCUT2D eigenvalue weighted by Crippen LogP contribution is 2.31. The van der Waals surface area contributed by atoms with E-state index < -0.39 is 17.4 Å². The summed E-state index contributed by atoms with van der Waals surface area (Å²) in [5.74, 6) is -1.21. The number of carboxylic acid groups (broad SMARTS) is 1. The summed E-state index contributed by atoms with van der Waals surface area (Å²) in [5, 5.41) is 8.91. The third-order valence-corrected chi connectivity index (χ3v) is 3.55. The molecule has 0 aromatic heterocycles. The van der Waals surface area contributed by atoms with Crippen molar-refractivity contribution in [3.8, 4) is 0 Å². The van der Waals surface area contributed by atoms with Crippen LogP contribution in [0.5, 0.6) is 0 Å². The van der Waals surface area contributed by atoms with E-state index in [0.717, 1.165) is 0 Å². The predicted octanol–water partition coefficient (Wildman–Crippen LogP) is -0.327. The Hall–Kier alpha value is -1.14. The maximum atomic E-state index is 12.3. The molecule has 1 aliphatic rings. The zero-order valence-corrected chi connectivity index (χ0v) is 10.3. The Balaban J connectivity index is 2.81. The number of carboxylic acids is 1. The second-order valence-corrected chi connectivity index (χ2v) is 4.53. The summed E-state index contributed by atoms with van der Waals surface area (Å²) in [7, 11) is 1.51. The fraction of sp³-hybridized carbons (Fsp3) is 0.818. The van der Waals surface area contributed by atoms with Crippen LogP contribution >= 0.6 is 0 Å². The monoisotopic (exact) mass is 244 g/mol. The summed E-state index contributed by atoms with van der Waals surface area (Å²) in [5.41, 5.74) is 5.05. The van der Waals surface area contributed by atoms with Gasteiger partial charge in [-0.15, -0.1) is 0 Å². The minimum absolute atomic E-state index is 0.196. The normalized spacial score (nSPS) is 20.6. The number of carbonyl (C=O) groups excluding carboxylic acids is 1. The quantitative estimate of drug-likeness (QED) is 0.706. The van der Waals surface area contributed by atoms with Gasteiger partial charge < -0.3 is 20.5 Å². The lowest BCUT2D eigenvalue weighted by molar-refractivity contribution is -0.156. The van der Waals surface area contributed by atoms with Crippen molar-refractivity contribution in [2.24, 2.45) is 11.1 Å². The molecular formula is C11H20N2O4. The van der Waals surface area contributed by atoms with E-state index in [0.29, 0.717) is 26.1 Å². The van der Waals surface area contributed by atoms with Crippen molar-refractivity contribution < 1.29 is 19.4 Å². The number of hydrogen-bond acceptors (Lipinski definition) is 4. The molecule has 3 N–H and O–H groups in total. The minimum atomic E-state index is -1.01. The van der Waals surface area contributed by atoms with Gasteiger partial charge >= 0.3 is 5.97 Å². The van der Waals surface area contributed by atoms with Gasteiger partial charge in [-0.3, -0.25) is 4.79 Å². The Kier molecular flexibility index (Phi) is 4.47. The van der Waals surface area contributed by atoms with Gasteiger partial charge in [-0.25, -0.2) is 4.79 Å². The van der Waals surface area contributed by atoms with Crippen molar-refractivity contribution in [2.45, 2.75) is 25.8 Å². The van der Waals surface area contributed by atoms with Gasteiger partial charge in [0, 0.05) is 26.8 Å². The Morgan fingerprint density at radius 1 is 1.47 bits per heavy atom. The molecule has 98 valence electrons. The first-order valence-corrected chi connectivity index (χ1v) is 5.72. The highest BCUT2D eigenvalue weighted by molar-refractivity contribution is 5.87. The topological polar surface area (TPSA) is 92.9 Å². The van der Waals surface area contributed by atoms with Crippen LogP contribution in [0.3, 0.4) is 0 Å². The molecule has 6 nitrogen and oxygen atoms in total. The lowest BCUT2D eigenvalue weighted by Crippen LogP contribution is -2.53. The number of likely N-dealkylation sites (N-methyl/N-ethyl adjacent to an activating group) is 1. The maximum Gasteiger partial charge on any atom is 0.326 e. The van der Waals surface area contributed by atoms with Crippen LogP contribution in [-0.2, 0) is 14.3 Å². The summed E-state index contributed by atoms with van der Waals surface area (Å²) in [6.07, 6.45) is 1.11. The Morgan fingerprint density at radius 2 is 2.00 bits per heavy atom. The lowest BCUT2D eigenvalue weighted by atomic mass is 9.78. The molecule has 0 aromatic carbocycles. The van der Waals surface area contributed by atoms with Crippen LogP contribution < -0.4 is 5.73 Å². The van der Waals surface area contributed by atoms with Gasteiger partial charge in [0.05, 0.1) is 5.41 Å². The molecule has 1 rings (SSSR count). The summed E-state index contributed by atoms with van der Waals surface area (Å²) in [6.45, 7) is 2.71. The number of aliphatic carboxylic acids is 1. The maximum absolute atomic E-state index is 12.3. The van der Waals surface area contributed by atoms with Crippen molar-refractivity contribution in [2.75, 3.05) is 26.8 Å². The number of rotatable bonds is 4. The molecule has 1 atom stereocenters. The molecule has 17 heavy (non-hydrogen) atoms. The average molecular weight is 244 g/mol. The second-order valence-electron chi connectivity index (χ2n) is 4.53. The lowest BCUT2D eigenvalue weighted by Gasteiger charge is -2.38. The second kappa shape index (κ2) is 5.46. The van der Waals surface area contributed by atoms with E-state index in [9.17, 15) is 9.59 Å². The molecule has 0 saturated carbocycles. The SMILES string of the molecule is CC(C(=O)O)N(C)C(=O)C1(CN)CCOCC1. The molecule has 1 saturated heterocycles. The number of nitrogens with zero attached hydrogens (tertiary/aromatic N) is 1. The van der Waals surface area contributed by atoms with Crippen molar-refractivity contribution >= 4 is 11.9 Å². The van der Waals surface area contributed by atoms with Gasteiger partial charge in [-0.1, -0.05) is 0 Å². The number of nitrogens with two attached hydrogens (primary N) is 1. The molecule has 0 radical (unpaired) electrons. The molecule has 0 aliphatic carbocycles. The van der Waals surface area contributed by atoms with E-state index in [4.69, 9.17) is 15.6 Å². The molecule has 0 spiro atoms. The van der Waals surface area contributed by atoms with Crippen LogP contribution in [0.2, 0.25) is 0 Å². The number of ether oxygens (including phenoxy) is 1. The van der Waals surface area contributed by atoms with Gasteiger partial charge in [0.15, 0.2) is 0 Å². The number of carbonyl (C=O) groups is 2. The van der Waals surface area contributed by atoms with E-state index in [1.807, 2.05) is 0 Å². The smallest absolute Gasteiger partial charge is 0.326 e. The zero-order valence-electron chi connectivity index (χ0n) is 10.3. The molecule has 0 aromatic rings. The van der Waals surface area contributed by atoms with Crippen LogP contribution in [0.4, 0.5) is 0 Å². The molecule has 1 unspecified atom stereocenters. The molecule has 6 heteroatoms. The van der Waals surface area contributed by atoms with E-state index in [-0.39, 0.29) is 12.5 Å². The first-order valence-electron chi connectivity index (χ1n) is 5.72. The summed E-state index contributed by atoms with van der Waals surface area (Å²) < 4.78 is 5.22. The van der Waals surface area contributed by atoms with Gasteiger partial charge in [0.1, 0.15) is 6.04 Å². The third kappa shape index (κ3) is 2.76. The van der Waals surface area contributed by atoms with E-state index >= 15 is 0 Å². The van der Waals surface area contributed by atoms with Crippen molar-refractivity contribution in [3.05, 3.63) is 0 Å². The first-order chi connectivity index (χ1) is 7.94. The molecule has 1 fully saturated rings. The molecular weight excluding hydrogens is 224 g/mol. The minimum Gasteiger partial charge on any atom is -0.480 e. The number of hydrogen-bond donors (Lipinski definition) is 2. The fourth-order valence-corrected chi connectivity index (χ4v) is 1.98. The highest BCUT2D eigenvalue weighted by Gasteiger charge is 2.42. The summed E-state index contributed by atoms with van der Waals surface area (Å²) in [6, 6.07) is -0.839. The zero-order chi connectivity index (χ0) is 13.1. The van der Waals surface area contributed by atoms with Gasteiger partial charge in [-0.2, -0.15) is 0 Å². The third-order valence-electron chi connectivity index (χ3n) is 3.55. The van der Waals surface area contributed by atoms with Crippen LogP contribution in [0.25, 0.3) is 0 Å². The van der Waals surface area contributed by atoms with Crippen molar-refractivity contribution in [1.82, 2.24) is 4.90 Å².